The van der Waals surface area contributed by atoms with E-state index in [1.807, 2.05) is 41.1 Å². The molecule has 2 aromatic carbocycles. The van der Waals surface area contributed by atoms with Crippen LogP contribution in [0, 0.1) is 0 Å². The van der Waals surface area contributed by atoms with Crippen LogP contribution in [0.5, 0.6) is 0 Å². The molecule has 0 amide bonds. The number of hydrogen-bond donors (Lipinski definition) is 1. The zero-order valence-electron chi connectivity index (χ0n) is 13.3. The second kappa shape index (κ2) is 7.20. The van der Waals surface area contributed by atoms with Crippen LogP contribution in [0.25, 0.3) is 0 Å². The topological polar surface area (TPSA) is 50.9 Å². The molecule has 3 aromatic rings. The molecular weight excluding hydrogens is 286 g/mol. The van der Waals surface area contributed by atoms with Crippen molar-refractivity contribution in [2.24, 2.45) is 0 Å². The largest absolute Gasteiger partial charge is 0.390 e. The summed E-state index contributed by atoms with van der Waals surface area (Å²) in [5.74, 6) is 0.0149. The highest BCUT2D eigenvalue weighted by molar-refractivity contribution is 5.41. The molecule has 0 fully saturated rings. The van der Waals surface area contributed by atoms with Gasteiger partial charge in [-0.05, 0) is 17.5 Å². The van der Waals surface area contributed by atoms with Crippen molar-refractivity contribution in [2.45, 2.75) is 32.4 Å². The van der Waals surface area contributed by atoms with E-state index >= 15 is 0 Å². The van der Waals surface area contributed by atoms with Crippen molar-refractivity contribution < 1.29 is 5.11 Å². The molecule has 0 atom stereocenters. The van der Waals surface area contributed by atoms with Gasteiger partial charge in [0.05, 0.1) is 18.2 Å². The van der Waals surface area contributed by atoms with Gasteiger partial charge in [0.15, 0.2) is 0 Å². The third kappa shape index (κ3) is 3.17. The summed E-state index contributed by atoms with van der Waals surface area (Å²) in [6.07, 6.45) is 0.970. The minimum absolute atomic E-state index is 0.0149. The van der Waals surface area contributed by atoms with E-state index in [1.54, 1.807) is 0 Å². The number of aliphatic hydroxyl groups excluding tert-OH is 1. The van der Waals surface area contributed by atoms with Crippen molar-refractivity contribution in [1.29, 1.82) is 0 Å². The third-order valence-electron chi connectivity index (χ3n) is 3.97. The fourth-order valence-electron chi connectivity index (χ4n) is 2.96. The lowest BCUT2D eigenvalue weighted by Gasteiger charge is -2.20. The summed E-state index contributed by atoms with van der Waals surface area (Å²) < 4.78 is 1.93. The average molecular weight is 307 g/mol. The Hall–Kier alpha value is -2.46. The van der Waals surface area contributed by atoms with Crippen molar-refractivity contribution in [3.8, 4) is 0 Å². The van der Waals surface area contributed by atoms with Crippen LogP contribution in [-0.2, 0) is 13.2 Å². The highest BCUT2D eigenvalue weighted by atomic mass is 16.3. The highest BCUT2D eigenvalue weighted by Gasteiger charge is 2.25. The van der Waals surface area contributed by atoms with Crippen LogP contribution in [0.3, 0.4) is 0 Å². The summed E-state index contributed by atoms with van der Waals surface area (Å²) in [6.45, 7) is 2.80. The Labute approximate surface area is 136 Å². The number of aryl methyl sites for hydroxylation is 1. The van der Waals surface area contributed by atoms with Crippen LogP contribution in [0.1, 0.15) is 41.8 Å². The molecule has 0 radical (unpaired) electrons. The Kier molecular flexibility index (Phi) is 4.83. The summed E-state index contributed by atoms with van der Waals surface area (Å²) in [7, 11) is 0. The van der Waals surface area contributed by atoms with Gasteiger partial charge in [-0.3, -0.25) is 0 Å². The van der Waals surface area contributed by atoms with E-state index in [0.717, 1.165) is 18.7 Å². The van der Waals surface area contributed by atoms with Gasteiger partial charge in [-0.15, -0.1) is 5.10 Å². The Morgan fingerprint density at radius 1 is 0.957 bits per heavy atom. The van der Waals surface area contributed by atoms with Gasteiger partial charge < -0.3 is 5.11 Å². The molecule has 1 heterocycles. The average Bonchev–Trinajstić information content (AvgIpc) is 3.00. The van der Waals surface area contributed by atoms with E-state index in [9.17, 15) is 5.11 Å². The van der Waals surface area contributed by atoms with Crippen LogP contribution in [0.2, 0.25) is 0 Å². The van der Waals surface area contributed by atoms with Crippen LogP contribution < -0.4 is 0 Å². The normalized spacial score (nSPS) is 11.1. The Bertz CT molecular complexity index is 698. The minimum atomic E-state index is -0.102. The molecule has 0 spiro atoms. The van der Waals surface area contributed by atoms with Crippen molar-refractivity contribution in [3.05, 3.63) is 83.2 Å². The number of aromatic nitrogens is 3. The van der Waals surface area contributed by atoms with Gasteiger partial charge in [-0.25, -0.2) is 4.68 Å². The maximum atomic E-state index is 9.73. The summed E-state index contributed by atoms with van der Waals surface area (Å²) in [6, 6.07) is 20.6. The first kappa shape index (κ1) is 15.4. The molecule has 0 aliphatic carbocycles. The number of benzene rings is 2. The van der Waals surface area contributed by atoms with Crippen LogP contribution in [0.15, 0.2) is 60.7 Å². The molecule has 1 aromatic heterocycles. The lowest BCUT2D eigenvalue weighted by Crippen LogP contribution is -2.13. The van der Waals surface area contributed by atoms with Crippen LogP contribution >= 0.6 is 0 Å². The smallest absolute Gasteiger partial charge is 0.112 e. The molecule has 0 aliphatic heterocycles. The Morgan fingerprint density at radius 3 is 2.00 bits per heavy atom. The Morgan fingerprint density at radius 2 is 1.52 bits per heavy atom. The molecular formula is C19H21N3O. The molecule has 0 aliphatic rings. The molecule has 23 heavy (non-hydrogen) atoms. The minimum Gasteiger partial charge on any atom is -0.390 e. The molecule has 118 valence electrons. The van der Waals surface area contributed by atoms with Crippen molar-refractivity contribution in [1.82, 2.24) is 15.0 Å². The Balaban J connectivity index is 2.19. The SMILES string of the molecule is CCCn1nnc(CO)c1C(c1ccccc1)c1ccccc1. The molecule has 0 bridgehead atoms. The molecule has 4 heteroatoms. The number of hydrogen-bond acceptors (Lipinski definition) is 3. The first-order chi connectivity index (χ1) is 11.3. The fourth-order valence-corrected chi connectivity index (χ4v) is 2.96. The van der Waals surface area contributed by atoms with E-state index in [1.165, 1.54) is 11.1 Å². The van der Waals surface area contributed by atoms with Gasteiger partial charge >= 0.3 is 0 Å². The van der Waals surface area contributed by atoms with E-state index in [4.69, 9.17) is 0 Å². The van der Waals surface area contributed by atoms with E-state index in [-0.39, 0.29) is 12.5 Å². The number of nitrogens with zero attached hydrogens (tertiary/aromatic N) is 3. The van der Waals surface area contributed by atoms with Gasteiger partial charge in [0.1, 0.15) is 5.69 Å². The molecule has 1 N–H and O–H groups in total. The standard InChI is InChI=1S/C19H21N3O/c1-2-13-22-19(17(14-23)20-21-22)18(15-9-5-3-6-10-15)16-11-7-4-8-12-16/h3-12,18,23H,2,13-14H2,1H3. The lowest BCUT2D eigenvalue weighted by molar-refractivity contribution is 0.275. The summed E-state index contributed by atoms with van der Waals surface area (Å²) >= 11 is 0. The zero-order valence-corrected chi connectivity index (χ0v) is 13.3. The summed E-state index contributed by atoms with van der Waals surface area (Å²) in [5.41, 5.74) is 3.98. The van der Waals surface area contributed by atoms with Crippen molar-refractivity contribution >= 4 is 0 Å². The van der Waals surface area contributed by atoms with Crippen molar-refractivity contribution in [3.63, 3.8) is 0 Å². The zero-order chi connectivity index (χ0) is 16.1. The van der Waals surface area contributed by atoms with Gasteiger partial charge in [-0.2, -0.15) is 0 Å². The molecule has 0 saturated carbocycles. The van der Waals surface area contributed by atoms with E-state index in [0.29, 0.717) is 5.69 Å². The number of aliphatic hydroxyl groups is 1. The van der Waals surface area contributed by atoms with E-state index in [2.05, 4.69) is 41.5 Å². The first-order valence-electron chi connectivity index (χ1n) is 7.98. The highest BCUT2D eigenvalue weighted by Crippen LogP contribution is 2.33. The van der Waals surface area contributed by atoms with Gasteiger partial charge in [0, 0.05) is 6.54 Å². The molecule has 0 saturated heterocycles. The maximum Gasteiger partial charge on any atom is 0.112 e. The first-order valence-corrected chi connectivity index (χ1v) is 7.98. The molecule has 0 unspecified atom stereocenters. The third-order valence-corrected chi connectivity index (χ3v) is 3.97. The predicted molar refractivity (Wildman–Crippen MR) is 90.1 cm³/mol. The second-order valence-electron chi connectivity index (χ2n) is 5.56. The van der Waals surface area contributed by atoms with E-state index < -0.39 is 0 Å². The van der Waals surface area contributed by atoms with Gasteiger partial charge in [0.25, 0.3) is 0 Å². The monoisotopic (exact) mass is 307 g/mol. The fraction of sp³-hybridized carbons (Fsp3) is 0.263. The van der Waals surface area contributed by atoms with Gasteiger partial charge in [0.2, 0.25) is 0 Å². The quantitative estimate of drug-likeness (QED) is 0.759. The van der Waals surface area contributed by atoms with Gasteiger partial charge in [-0.1, -0.05) is 72.8 Å². The summed E-state index contributed by atoms with van der Waals surface area (Å²) in [4.78, 5) is 0. The predicted octanol–water partition coefficient (Wildman–Crippen LogP) is 3.36. The van der Waals surface area contributed by atoms with Crippen LogP contribution in [0.4, 0.5) is 0 Å². The van der Waals surface area contributed by atoms with Crippen molar-refractivity contribution in [2.75, 3.05) is 0 Å². The second-order valence-corrected chi connectivity index (χ2v) is 5.56. The maximum absolute atomic E-state index is 9.73. The molecule has 4 nitrogen and oxygen atoms in total. The lowest BCUT2D eigenvalue weighted by atomic mass is 9.87. The van der Waals surface area contributed by atoms with Crippen LogP contribution in [-0.4, -0.2) is 20.1 Å². The molecule has 3 rings (SSSR count). The number of rotatable bonds is 6. The summed E-state index contributed by atoms with van der Waals surface area (Å²) in [5, 5.41) is 18.2.